The van der Waals surface area contributed by atoms with Crippen LogP contribution < -0.4 is 5.32 Å². The first-order valence-electron chi connectivity index (χ1n) is 7.53. The number of nitrogens with one attached hydrogen (secondary N) is 1. The fourth-order valence-corrected chi connectivity index (χ4v) is 3.24. The molecule has 3 atom stereocenters. The van der Waals surface area contributed by atoms with Gasteiger partial charge >= 0.3 is 5.97 Å². The van der Waals surface area contributed by atoms with Crippen molar-refractivity contribution in [1.29, 1.82) is 0 Å². The van der Waals surface area contributed by atoms with Gasteiger partial charge in [-0.2, -0.15) is 0 Å². The Kier molecular flexibility index (Phi) is 4.81. The summed E-state index contributed by atoms with van der Waals surface area (Å²) in [6.07, 6.45) is 3.67. The average molecular weight is 275 g/mol. The number of carboxylic acid groups (broad SMARTS) is 1. The van der Waals surface area contributed by atoms with Gasteiger partial charge < -0.3 is 10.4 Å². The van der Waals surface area contributed by atoms with Crippen LogP contribution in [0.15, 0.2) is 18.2 Å². The molecular formula is C17H25NO2. The maximum Gasteiger partial charge on any atom is 0.306 e. The molecule has 0 heterocycles. The first-order valence-corrected chi connectivity index (χ1v) is 7.53. The number of hydrogen-bond donors (Lipinski definition) is 2. The van der Waals surface area contributed by atoms with Gasteiger partial charge in [0.25, 0.3) is 0 Å². The highest BCUT2D eigenvalue weighted by atomic mass is 16.4. The average Bonchev–Trinajstić information content (AvgIpc) is 2.41. The Morgan fingerprint density at radius 2 is 2.10 bits per heavy atom. The largest absolute Gasteiger partial charge is 0.481 e. The molecule has 0 aliphatic heterocycles. The lowest BCUT2D eigenvalue weighted by atomic mass is 9.85. The third-order valence-corrected chi connectivity index (χ3v) is 4.41. The molecule has 0 spiro atoms. The molecule has 20 heavy (non-hydrogen) atoms. The molecular weight excluding hydrogens is 250 g/mol. The molecule has 0 saturated heterocycles. The van der Waals surface area contributed by atoms with E-state index >= 15 is 0 Å². The number of rotatable bonds is 4. The molecule has 2 N–H and O–H groups in total. The summed E-state index contributed by atoms with van der Waals surface area (Å²) >= 11 is 0. The standard InChI is InChI=1S/C17H25NO2/c1-11-7-8-12(2)16(9-11)13(3)18-15-6-4-5-14(10-15)17(19)20/h7-9,13-15,18H,4-6,10H2,1-3H3,(H,19,20). The molecule has 1 aromatic rings. The molecule has 1 saturated carbocycles. The van der Waals surface area contributed by atoms with E-state index in [0.29, 0.717) is 6.04 Å². The van der Waals surface area contributed by atoms with Crippen molar-refractivity contribution >= 4 is 5.97 Å². The zero-order valence-electron chi connectivity index (χ0n) is 12.6. The van der Waals surface area contributed by atoms with Gasteiger partial charge in [0.2, 0.25) is 0 Å². The van der Waals surface area contributed by atoms with Crippen molar-refractivity contribution in [3.05, 3.63) is 34.9 Å². The van der Waals surface area contributed by atoms with Crippen molar-refractivity contribution in [2.75, 3.05) is 0 Å². The third-order valence-electron chi connectivity index (χ3n) is 4.41. The summed E-state index contributed by atoms with van der Waals surface area (Å²) < 4.78 is 0. The van der Waals surface area contributed by atoms with Crippen molar-refractivity contribution in [3.63, 3.8) is 0 Å². The molecule has 3 nitrogen and oxygen atoms in total. The lowest BCUT2D eigenvalue weighted by Gasteiger charge is -2.30. The molecule has 0 aromatic heterocycles. The molecule has 1 aliphatic rings. The maximum atomic E-state index is 11.1. The van der Waals surface area contributed by atoms with Crippen LogP contribution in [0.4, 0.5) is 0 Å². The molecule has 1 fully saturated rings. The zero-order valence-corrected chi connectivity index (χ0v) is 12.6. The second-order valence-corrected chi connectivity index (χ2v) is 6.15. The second kappa shape index (κ2) is 6.40. The van der Waals surface area contributed by atoms with Crippen molar-refractivity contribution in [2.24, 2.45) is 5.92 Å². The van der Waals surface area contributed by atoms with Gasteiger partial charge in [-0.05, 0) is 51.2 Å². The summed E-state index contributed by atoms with van der Waals surface area (Å²) in [7, 11) is 0. The van der Waals surface area contributed by atoms with Crippen LogP contribution in [0.5, 0.6) is 0 Å². The predicted octanol–water partition coefficient (Wildman–Crippen LogP) is 3.60. The van der Waals surface area contributed by atoms with E-state index in [0.717, 1.165) is 25.7 Å². The van der Waals surface area contributed by atoms with Crippen LogP contribution in [0.1, 0.15) is 55.3 Å². The maximum absolute atomic E-state index is 11.1. The molecule has 0 bridgehead atoms. The van der Waals surface area contributed by atoms with Crippen molar-refractivity contribution in [1.82, 2.24) is 5.32 Å². The molecule has 3 unspecified atom stereocenters. The topological polar surface area (TPSA) is 49.3 Å². The van der Waals surface area contributed by atoms with Crippen LogP contribution >= 0.6 is 0 Å². The van der Waals surface area contributed by atoms with Gasteiger partial charge in [0.05, 0.1) is 5.92 Å². The van der Waals surface area contributed by atoms with E-state index in [9.17, 15) is 4.79 Å². The summed E-state index contributed by atoms with van der Waals surface area (Å²) in [4.78, 5) is 11.1. The van der Waals surface area contributed by atoms with Gasteiger partial charge in [-0.15, -0.1) is 0 Å². The highest BCUT2D eigenvalue weighted by Gasteiger charge is 2.27. The van der Waals surface area contributed by atoms with E-state index in [2.05, 4.69) is 44.3 Å². The summed E-state index contributed by atoms with van der Waals surface area (Å²) in [5.74, 6) is -0.817. The van der Waals surface area contributed by atoms with Crippen molar-refractivity contribution in [2.45, 2.75) is 58.5 Å². The normalized spacial score (nSPS) is 24.4. The van der Waals surface area contributed by atoms with E-state index in [1.807, 2.05) is 0 Å². The van der Waals surface area contributed by atoms with Gasteiger partial charge in [-0.3, -0.25) is 4.79 Å². The summed E-state index contributed by atoms with van der Waals surface area (Å²) in [6, 6.07) is 7.10. The molecule has 3 heteroatoms. The number of hydrogen-bond acceptors (Lipinski definition) is 2. The SMILES string of the molecule is Cc1ccc(C)c(C(C)NC2CCCC(C(=O)O)C2)c1. The Morgan fingerprint density at radius 3 is 2.80 bits per heavy atom. The van der Waals surface area contributed by atoms with Gasteiger partial charge in [-0.25, -0.2) is 0 Å². The van der Waals surface area contributed by atoms with Crippen LogP contribution in [0.25, 0.3) is 0 Å². The minimum atomic E-state index is -0.643. The fraction of sp³-hybridized carbons (Fsp3) is 0.588. The van der Waals surface area contributed by atoms with Gasteiger partial charge in [0.15, 0.2) is 0 Å². The Morgan fingerprint density at radius 1 is 1.35 bits per heavy atom. The van der Waals surface area contributed by atoms with E-state index in [-0.39, 0.29) is 12.0 Å². The van der Waals surface area contributed by atoms with Crippen LogP contribution in [0, 0.1) is 19.8 Å². The number of aliphatic carboxylic acids is 1. The first kappa shape index (κ1) is 15.0. The molecule has 2 rings (SSSR count). The van der Waals surface area contributed by atoms with Crippen molar-refractivity contribution < 1.29 is 9.90 Å². The number of carboxylic acids is 1. The lowest BCUT2D eigenvalue weighted by Crippen LogP contribution is -2.38. The van der Waals surface area contributed by atoms with E-state index in [4.69, 9.17) is 5.11 Å². The molecule has 1 aromatic carbocycles. The van der Waals surface area contributed by atoms with Crippen LogP contribution in [0.2, 0.25) is 0 Å². The zero-order chi connectivity index (χ0) is 14.7. The van der Waals surface area contributed by atoms with Gasteiger partial charge in [-0.1, -0.05) is 30.2 Å². The second-order valence-electron chi connectivity index (χ2n) is 6.15. The molecule has 0 radical (unpaired) electrons. The van der Waals surface area contributed by atoms with Crippen LogP contribution in [-0.4, -0.2) is 17.1 Å². The summed E-state index contributed by atoms with van der Waals surface area (Å²) in [5, 5.41) is 12.8. The van der Waals surface area contributed by atoms with Gasteiger partial charge in [0, 0.05) is 12.1 Å². The molecule has 0 amide bonds. The quantitative estimate of drug-likeness (QED) is 0.882. The lowest BCUT2D eigenvalue weighted by molar-refractivity contribution is -0.143. The highest BCUT2D eigenvalue weighted by Crippen LogP contribution is 2.27. The highest BCUT2D eigenvalue weighted by molar-refractivity contribution is 5.70. The third kappa shape index (κ3) is 3.60. The van der Waals surface area contributed by atoms with Gasteiger partial charge in [0.1, 0.15) is 0 Å². The fourth-order valence-electron chi connectivity index (χ4n) is 3.24. The summed E-state index contributed by atoms with van der Waals surface area (Å²) in [5.41, 5.74) is 3.88. The van der Waals surface area contributed by atoms with Crippen LogP contribution in [-0.2, 0) is 4.79 Å². The first-order chi connectivity index (χ1) is 9.47. The van der Waals surface area contributed by atoms with Crippen LogP contribution in [0.3, 0.4) is 0 Å². The minimum absolute atomic E-state index is 0.174. The Bertz CT molecular complexity index is 484. The Labute approximate surface area is 121 Å². The number of aryl methyl sites for hydroxylation is 2. The number of carbonyl (C=O) groups is 1. The molecule has 1 aliphatic carbocycles. The van der Waals surface area contributed by atoms with E-state index in [1.165, 1.54) is 16.7 Å². The molecule has 110 valence electrons. The van der Waals surface area contributed by atoms with Crippen molar-refractivity contribution in [3.8, 4) is 0 Å². The predicted molar refractivity (Wildman–Crippen MR) is 80.8 cm³/mol. The monoisotopic (exact) mass is 275 g/mol. The Balaban J connectivity index is 2.02. The number of benzene rings is 1. The van der Waals surface area contributed by atoms with E-state index in [1.54, 1.807) is 0 Å². The smallest absolute Gasteiger partial charge is 0.306 e. The Hall–Kier alpha value is -1.35. The van der Waals surface area contributed by atoms with E-state index < -0.39 is 5.97 Å². The minimum Gasteiger partial charge on any atom is -0.481 e. The summed E-state index contributed by atoms with van der Waals surface area (Å²) in [6.45, 7) is 6.41.